The van der Waals surface area contributed by atoms with Crippen LogP contribution in [-0.4, -0.2) is 25.3 Å². The van der Waals surface area contributed by atoms with Crippen LogP contribution in [0.3, 0.4) is 0 Å². The second-order valence-electron chi connectivity index (χ2n) is 5.97. The van der Waals surface area contributed by atoms with Crippen LogP contribution in [0.25, 0.3) is 0 Å². The zero-order valence-corrected chi connectivity index (χ0v) is 13.8. The predicted molar refractivity (Wildman–Crippen MR) is 87.5 cm³/mol. The Bertz CT molecular complexity index is 346. The first-order valence-electron chi connectivity index (χ1n) is 8.17. The fourth-order valence-corrected chi connectivity index (χ4v) is 3.77. The molecule has 1 aromatic rings. The largest absolute Gasteiger partial charge is 0.378 e. The van der Waals surface area contributed by atoms with Crippen LogP contribution in [0, 0.1) is 5.92 Å². The molecular weight excluding hydrogens is 266 g/mol. The van der Waals surface area contributed by atoms with Gasteiger partial charge in [-0.3, -0.25) is 0 Å². The number of thiophene rings is 1. The maximum Gasteiger partial charge on any atom is 0.0580 e. The van der Waals surface area contributed by atoms with Gasteiger partial charge in [-0.25, -0.2) is 0 Å². The van der Waals surface area contributed by atoms with Crippen molar-refractivity contribution in [3.63, 3.8) is 0 Å². The van der Waals surface area contributed by atoms with E-state index in [1.165, 1.54) is 44.1 Å². The lowest BCUT2D eigenvalue weighted by atomic mass is 9.77. The summed E-state index contributed by atoms with van der Waals surface area (Å²) in [6, 6.07) is 2.94. The van der Waals surface area contributed by atoms with Gasteiger partial charge < -0.3 is 10.1 Å². The van der Waals surface area contributed by atoms with Crippen molar-refractivity contribution in [2.45, 2.75) is 64.5 Å². The SMILES string of the molecule is CCCNC(CCc1ccsc1)CC1CC(OCC)C1. The summed E-state index contributed by atoms with van der Waals surface area (Å²) in [4.78, 5) is 0. The van der Waals surface area contributed by atoms with E-state index in [-0.39, 0.29) is 0 Å². The highest BCUT2D eigenvalue weighted by Crippen LogP contribution is 2.34. The number of hydrogen-bond donors (Lipinski definition) is 1. The van der Waals surface area contributed by atoms with Crippen LogP contribution in [0.1, 0.15) is 51.5 Å². The van der Waals surface area contributed by atoms with Gasteiger partial charge in [0.2, 0.25) is 0 Å². The Hall–Kier alpha value is -0.380. The highest BCUT2D eigenvalue weighted by atomic mass is 32.1. The van der Waals surface area contributed by atoms with Crippen molar-refractivity contribution in [3.05, 3.63) is 22.4 Å². The van der Waals surface area contributed by atoms with E-state index >= 15 is 0 Å². The predicted octanol–water partition coefficient (Wildman–Crippen LogP) is 4.25. The number of hydrogen-bond acceptors (Lipinski definition) is 3. The minimum absolute atomic E-state index is 0.550. The third-order valence-electron chi connectivity index (χ3n) is 4.26. The van der Waals surface area contributed by atoms with Crippen LogP contribution in [0.4, 0.5) is 0 Å². The zero-order valence-electron chi connectivity index (χ0n) is 12.9. The number of aryl methyl sites for hydroxylation is 1. The lowest BCUT2D eigenvalue weighted by molar-refractivity contribution is -0.0292. The van der Waals surface area contributed by atoms with E-state index in [1.54, 1.807) is 0 Å². The van der Waals surface area contributed by atoms with Gasteiger partial charge in [0.15, 0.2) is 0 Å². The molecule has 1 saturated carbocycles. The molecule has 114 valence electrons. The molecule has 1 heterocycles. The maximum absolute atomic E-state index is 5.67. The van der Waals surface area contributed by atoms with Crippen molar-refractivity contribution >= 4 is 11.3 Å². The molecule has 0 radical (unpaired) electrons. The molecule has 1 unspecified atom stereocenters. The average molecular weight is 295 g/mol. The third kappa shape index (κ3) is 5.19. The quantitative estimate of drug-likeness (QED) is 0.696. The van der Waals surface area contributed by atoms with Crippen molar-refractivity contribution in [1.82, 2.24) is 5.32 Å². The van der Waals surface area contributed by atoms with E-state index in [2.05, 4.69) is 36.0 Å². The minimum Gasteiger partial charge on any atom is -0.378 e. The molecule has 0 aliphatic heterocycles. The average Bonchev–Trinajstić information content (AvgIpc) is 2.92. The summed E-state index contributed by atoms with van der Waals surface area (Å²) in [5.74, 6) is 0.878. The van der Waals surface area contributed by atoms with Gasteiger partial charge in [0, 0.05) is 12.6 Å². The minimum atomic E-state index is 0.550. The van der Waals surface area contributed by atoms with Crippen LogP contribution in [0.15, 0.2) is 16.8 Å². The lowest BCUT2D eigenvalue weighted by Gasteiger charge is -2.37. The molecular formula is C17H29NOS. The smallest absolute Gasteiger partial charge is 0.0580 e. The Morgan fingerprint density at radius 3 is 2.90 bits per heavy atom. The zero-order chi connectivity index (χ0) is 14.2. The van der Waals surface area contributed by atoms with E-state index in [0.29, 0.717) is 12.1 Å². The molecule has 1 aliphatic carbocycles. The van der Waals surface area contributed by atoms with Crippen molar-refractivity contribution in [1.29, 1.82) is 0 Å². The molecule has 1 fully saturated rings. The van der Waals surface area contributed by atoms with Crippen LogP contribution >= 0.6 is 11.3 Å². The van der Waals surface area contributed by atoms with Gasteiger partial charge in [-0.1, -0.05) is 6.92 Å². The van der Waals surface area contributed by atoms with E-state index in [1.807, 2.05) is 11.3 Å². The number of rotatable bonds is 10. The van der Waals surface area contributed by atoms with Gasteiger partial charge in [0.1, 0.15) is 0 Å². The lowest BCUT2D eigenvalue weighted by Crippen LogP contribution is -2.38. The molecule has 1 N–H and O–H groups in total. The summed E-state index contributed by atoms with van der Waals surface area (Å²) >= 11 is 1.81. The van der Waals surface area contributed by atoms with Crippen LogP contribution in [-0.2, 0) is 11.2 Å². The first-order chi connectivity index (χ1) is 9.81. The molecule has 0 aromatic carbocycles. The fraction of sp³-hybridized carbons (Fsp3) is 0.765. The van der Waals surface area contributed by atoms with Gasteiger partial charge >= 0.3 is 0 Å². The standard InChI is InChI=1S/C17H29NOS/c1-3-8-18-16(6-5-14-7-9-20-13-14)10-15-11-17(12-15)19-4-2/h7,9,13,15-18H,3-6,8,10-12H2,1-2H3. The normalized spacial score (nSPS) is 23.5. The Morgan fingerprint density at radius 1 is 1.40 bits per heavy atom. The maximum atomic E-state index is 5.67. The molecule has 2 nitrogen and oxygen atoms in total. The second-order valence-corrected chi connectivity index (χ2v) is 6.75. The highest BCUT2D eigenvalue weighted by Gasteiger charge is 2.31. The highest BCUT2D eigenvalue weighted by molar-refractivity contribution is 7.07. The molecule has 3 heteroatoms. The van der Waals surface area contributed by atoms with Gasteiger partial charge in [0.05, 0.1) is 6.10 Å². The molecule has 1 aliphatic rings. The molecule has 0 amide bonds. The Labute approximate surface area is 127 Å². The van der Waals surface area contributed by atoms with Gasteiger partial charge in [-0.15, -0.1) is 0 Å². The number of nitrogens with one attached hydrogen (secondary N) is 1. The summed E-state index contributed by atoms with van der Waals surface area (Å²) in [5, 5.41) is 8.21. The van der Waals surface area contributed by atoms with Crippen molar-refractivity contribution in [2.75, 3.05) is 13.2 Å². The summed E-state index contributed by atoms with van der Waals surface area (Å²) in [7, 11) is 0. The molecule has 0 spiro atoms. The first-order valence-corrected chi connectivity index (χ1v) is 9.12. The molecule has 2 rings (SSSR count). The summed E-state index contributed by atoms with van der Waals surface area (Å²) < 4.78 is 5.67. The van der Waals surface area contributed by atoms with E-state index in [4.69, 9.17) is 4.74 Å². The molecule has 1 aromatic heterocycles. The Morgan fingerprint density at radius 2 is 2.25 bits per heavy atom. The molecule has 0 bridgehead atoms. The molecule has 1 atom stereocenters. The first kappa shape index (κ1) is 16.0. The van der Waals surface area contributed by atoms with E-state index in [0.717, 1.165) is 19.1 Å². The molecule has 0 saturated heterocycles. The monoisotopic (exact) mass is 295 g/mol. The van der Waals surface area contributed by atoms with Crippen molar-refractivity contribution in [2.24, 2.45) is 5.92 Å². The summed E-state index contributed by atoms with van der Waals surface area (Å²) in [6.45, 7) is 6.36. The Kier molecular flexibility index (Phi) is 7.05. The van der Waals surface area contributed by atoms with Gasteiger partial charge in [0.25, 0.3) is 0 Å². The molecule has 20 heavy (non-hydrogen) atoms. The van der Waals surface area contributed by atoms with E-state index in [9.17, 15) is 0 Å². The summed E-state index contributed by atoms with van der Waals surface area (Å²) in [6.07, 6.45) is 8.13. The topological polar surface area (TPSA) is 21.3 Å². The fourth-order valence-electron chi connectivity index (χ4n) is 3.07. The van der Waals surface area contributed by atoms with E-state index < -0.39 is 0 Å². The van der Waals surface area contributed by atoms with Crippen LogP contribution < -0.4 is 5.32 Å². The Balaban J connectivity index is 1.70. The van der Waals surface area contributed by atoms with Gasteiger partial charge in [-0.2, -0.15) is 11.3 Å². The van der Waals surface area contributed by atoms with Crippen molar-refractivity contribution < 1.29 is 4.74 Å². The summed E-state index contributed by atoms with van der Waals surface area (Å²) in [5.41, 5.74) is 1.50. The second kappa shape index (κ2) is 8.81. The van der Waals surface area contributed by atoms with Crippen LogP contribution in [0.2, 0.25) is 0 Å². The van der Waals surface area contributed by atoms with Gasteiger partial charge in [-0.05, 0) is 80.3 Å². The third-order valence-corrected chi connectivity index (χ3v) is 4.99. The number of ether oxygens (including phenoxy) is 1. The van der Waals surface area contributed by atoms with Crippen molar-refractivity contribution in [3.8, 4) is 0 Å². The van der Waals surface area contributed by atoms with Crippen LogP contribution in [0.5, 0.6) is 0 Å².